The molecule has 0 fully saturated rings. The quantitative estimate of drug-likeness (QED) is 0.399. The number of furan rings is 4. The first kappa shape index (κ1) is 15.4. The van der Waals surface area contributed by atoms with E-state index in [-0.39, 0.29) is 11.8 Å². The maximum Gasteiger partial charge on any atom is 0.114 e. The summed E-state index contributed by atoms with van der Waals surface area (Å²) in [5, 5.41) is 0. The van der Waals surface area contributed by atoms with Gasteiger partial charge in [-0.2, -0.15) is 0 Å². The van der Waals surface area contributed by atoms with Crippen LogP contribution in [-0.2, 0) is 12.8 Å². The highest BCUT2D eigenvalue weighted by Crippen LogP contribution is 2.32. The minimum atomic E-state index is 0.0600. The molecule has 26 heavy (non-hydrogen) atoms. The molecule has 4 aromatic heterocycles. The van der Waals surface area contributed by atoms with Crippen molar-refractivity contribution in [3.05, 3.63) is 94.6 Å². The minimum Gasteiger partial charge on any atom is -0.465 e. The maximum absolute atomic E-state index is 6.04. The third-order valence-electron chi connectivity index (χ3n) is 5.13. The zero-order valence-electron chi connectivity index (χ0n) is 14.8. The second kappa shape index (κ2) is 5.84. The molecule has 1 aliphatic heterocycles. The molecular weight excluding hydrogens is 328 g/mol. The summed E-state index contributed by atoms with van der Waals surface area (Å²) >= 11 is 0. The topological polar surface area (TPSA) is 52.6 Å². The van der Waals surface area contributed by atoms with E-state index in [1.54, 1.807) is 0 Å². The van der Waals surface area contributed by atoms with Gasteiger partial charge in [0.25, 0.3) is 0 Å². The smallest absolute Gasteiger partial charge is 0.114 e. The van der Waals surface area contributed by atoms with Crippen LogP contribution in [0.25, 0.3) is 0 Å². The molecule has 132 valence electrons. The van der Waals surface area contributed by atoms with Crippen molar-refractivity contribution in [3.8, 4) is 0 Å². The van der Waals surface area contributed by atoms with Crippen molar-refractivity contribution in [2.75, 3.05) is 0 Å². The van der Waals surface area contributed by atoms with Crippen molar-refractivity contribution >= 4 is 0 Å². The van der Waals surface area contributed by atoms with Crippen LogP contribution in [0.5, 0.6) is 0 Å². The summed E-state index contributed by atoms with van der Waals surface area (Å²) in [6, 6.07) is 16.1. The molecule has 0 saturated heterocycles. The lowest BCUT2D eigenvalue weighted by atomic mass is 10.1. The van der Waals surface area contributed by atoms with Gasteiger partial charge in [-0.05, 0) is 62.4 Å². The Hall–Kier alpha value is -2.88. The second-order valence-corrected chi connectivity index (χ2v) is 7.01. The van der Waals surface area contributed by atoms with Crippen LogP contribution in [-0.4, -0.2) is 0 Å². The summed E-state index contributed by atoms with van der Waals surface area (Å²) in [4.78, 5) is 0. The molecule has 4 nitrogen and oxygen atoms in total. The molecular formula is C22H20O4. The molecule has 1 aliphatic rings. The Balaban J connectivity index is 1.59. The Labute approximate surface area is 151 Å². The van der Waals surface area contributed by atoms with E-state index in [9.17, 15) is 0 Å². The van der Waals surface area contributed by atoms with Crippen LogP contribution in [0.15, 0.2) is 66.2 Å². The van der Waals surface area contributed by atoms with E-state index < -0.39 is 0 Å². The standard InChI is InChI=1S/C22H20O4/c1-13-19-7-3-15(23-19)11-17-5-9-21(25-17)14(2)22-10-6-18(26-22)12-16-4-8-20(13)24-16/h3-10,13-14H,11-12H2,1-2H3. The normalized spacial score (nSPS) is 19.6. The Morgan fingerprint density at radius 2 is 0.769 bits per heavy atom. The fourth-order valence-corrected chi connectivity index (χ4v) is 3.51. The molecule has 0 radical (unpaired) electrons. The molecule has 0 saturated carbocycles. The van der Waals surface area contributed by atoms with Crippen LogP contribution in [0, 0.1) is 0 Å². The SMILES string of the molecule is CC1c2ccc(o2)Cc2ccc(o2)C(C)c2ccc(o2)Cc2ccc1o2. The molecule has 0 amide bonds. The fourth-order valence-electron chi connectivity index (χ4n) is 3.51. The zero-order valence-corrected chi connectivity index (χ0v) is 14.8. The summed E-state index contributed by atoms with van der Waals surface area (Å²) in [5.41, 5.74) is 0. The number of fused-ring (bicyclic) bond motifs is 8. The molecule has 0 atom stereocenters. The predicted molar refractivity (Wildman–Crippen MR) is 95.5 cm³/mol. The van der Waals surface area contributed by atoms with Crippen LogP contribution in [0.1, 0.15) is 71.8 Å². The Kier molecular flexibility index (Phi) is 3.45. The highest BCUT2D eigenvalue weighted by molar-refractivity contribution is 5.27. The molecule has 0 aliphatic carbocycles. The van der Waals surface area contributed by atoms with Crippen molar-refractivity contribution in [2.24, 2.45) is 0 Å². The summed E-state index contributed by atoms with van der Waals surface area (Å²) in [7, 11) is 0. The van der Waals surface area contributed by atoms with E-state index in [2.05, 4.69) is 13.8 Å². The first-order valence-electron chi connectivity index (χ1n) is 9.00. The lowest BCUT2D eigenvalue weighted by Gasteiger charge is -2.06. The Morgan fingerprint density at radius 3 is 1.04 bits per heavy atom. The van der Waals surface area contributed by atoms with E-state index in [0.29, 0.717) is 12.8 Å². The van der Waals surface area contributed by atoms with Gasteiger partial charge in [-0.15, -0.1) is 0 Å². The second-order valence-electron chi connectivity index (χ2n) is 7.01. The molecule has 5 rings (SSSR count). The van der Waals surface area contributed by atoms with Gasteiger partial charge in [0.05, 0.1) is 24.7 Å². The third-order valence-corrected chi connectivity index (χ3v) is 5.13. The first-order chi connectivity index (χ1) is 12.7. The van der Waals surface area contributed by atoms with E-state index in [0.717, 1.165) is 46.1 Å². The number of hydrogen-bond donors (Lipinski definition) is 0. The van der Waals surface area contributed by atoms with E-state index >= 15 is 0 Å². The third kappa shape index (κ3) is 2.62. The molecule has 4 heteroatoms. The Bertz CT molecular complexity index is 877. The van der Waals surface area contributed by atoms with Gasteiger partial charge in [0.15, 0.2) is 0 Å². The molecule has 0 N–H and O–H groups in total. The summed E-state index contributed by atoms with van der Waals surface area (Å²) < 4.78 is 24.2. The van der Waals surface area contributed by atoms with Gasteiger partial charge < -0.3 is 17.7 Å². The van der Waals surface area contributed by atoms with Crippen LogP contribution in [0.3, 0.4) is 0 Å². The van der Waals surface area contributed by atoms with Gasteiger partial charge in [-0.1, -0.05) is 0 Å². The minimum absolute atomic E-state index is 0.0600. The molecule has 0 spiro atoms. The molecule has 0 unspecified atom stereocenters. The van der Waals surface area contributed by atoms with Crippen molar-refractivity contribution < 1.29 is 17.7 Å². The van der Waals surface area contributed by atoms with Crippen LogP contribution >= 0.6 is 0 Å². The van der Waals surface area contributed by atoms with Crippen LogP contribution in [0.2, 0.25) is 0 Å². The van der Waals surface area contributed by atoms with Crippen molar-refractivity contribution in [1.82, 2.24) is 0 Å². The summed E-state index contributed by atoms with van der Waals surface area (Å²) in [5.74, 6) is 7.26. The van der Waals surface area contributed by atoms with Gasteiger partial charge in [0.2, 0.25) is 0 Å². The molecule has 5 heterocycles. The average Bonchev–Trinajstić information content (AvgIpc) is 3.41. The average molecular weight is 348 g/mol. The highest BCUT2D eigenvalue weighted by atomic mass is 16.4. The van der Waals surface area contributed by atoms with E-state index in [1.807, 2.05) is 48.5 Å². The monoisotopic (exact) mass is 348 g/mol. The summed E-state index contributed by atoms with van der Waals surface area (Å²) in [6.45, 7) is 4.18. The molecule has 8 bridgehead atoms. The van der Waals surface area contributed by atoms with Crippen molar-refractivity contribution in [2.45, 2.75) is 38.5 Å². The Morgan fingerprint density at radius 1 is 0.500 bits per heavy atom. The number of rotatable bonds is 0. The predicted octanol–water partition coefficient (Wildman–Crippen LogP) is 5.86. The highest BCUT2D eigenvalue weighted by Gasteiger charge is 2.21. The number of hydrogen-bond acceptors (Lipinski definition) is 4. The van der Waals surface area contributed by atoms with Gasteiger partial charge >= 0.3 is 0 Å². The largest absolute Gasteiger partial charge is 0.465 e. The van der Waals surface area contributed by atoms with Gasteiger partial charge in [-0.25, -0.2) is 0 Å². The van der Waals surface area contributed by atoms with E-state index in [4.69, 9.17) is 17.7 Å². The van der Waals surface area contributed by atoms with Crippen LogP contribution < -0.4 is 0 Å². The van der Waals surface area contributed by atoms with E-state index in [1.165, 1.54) is 0 Å². The molecule has 4 aromatic rings. The summed E-state index contributed by atoms with van der Waals surface area (Å²) in [6.07, 6.45) is 1.26. The van der Waals surface area contributed by atoms with Crippen molar-refractivity contribution in [1.29, 1.82) is 0 Å². The van der Waals surface area contributed by atoms with Gasteiger partial charge in [0, 0.05) is 0 Å². The zero-order chi connectivity index (χ0) is 17.7. The first-order valence-corrected chi connectivity index (χ1v) is 9.00. The lowest BCUT2D eigenvalue weighted by molar-refractivity contribution is 0.380. The maximum atomic E-state index is 6.04. The van der Waals surface area contributed by atoms with Crippen molar-refractivity contribution in [3.63, 3.8) is 0 Å². The van der Waals surface area contributed by atoms with Crippen LogP contribution in [0.4, 0.5) is 0 Å². The fraction of sp³-hybridized carbons (Fsp3) is 0.273. The van der Waals surface area contributed by atoms with Gasteiger partial charge in [0.1, 0.15) is 46.1 Å². The molecule has 0 aromatic carbocycles. The lowest BCUT2D eigenvalue weighted by Crippen LogP contribution is -1.93. The van der Waals surface area contributed by atoms with Gasteiger partial charge in [-0.3, -0.25) is 0 Å².